The van der Waals surface area contributed by atoms with Crippen LogP contribution in [0.15, 0.2) is 70.0 Å². The Morgan fingerprint density at radius 3 is 2.31 bits per heavy atom. The number of thioether (sulfide) groups is 1. The lowest BCUT2D eigenvalue weighted by molar-refractivity contribution is -0.113. The van der Waals surface area contributed by atoms with Crippen LogP contribution < -0.4 is 23.8 Å². The van der Waals surface area contributed by atoms with Crippen molar-refractivity contribution in [1.82, 2.24) is 0 Å². The van der Waals surface area contributed by atoms with E-state index in [4.69, 9.17) is 31.2 Å². The summed E-state index contributed by atoms with van der Waals surface area (Å²) in [5.74, 6) is 2.07. The molecule has 1 aliphatic heterocycles. The maximum atomic E-state index is 13.3. The molecule has 1 saturated heterocycles. The van der Waals surface area contributed by atoms with Crippen LogP contribution in [-0.4, -0.2) is 31.6 Å². The minimum Gasteiger partial charge on any atom is -0.497 e. The van der Waals surface area contributed by atoms with Gasteiger partial charge in [0.15, 0.2) is 15.8 Å². The minimum absolute atomic E-state index is 0.235. The fourth-order valence-corrected chi connectivity index (χ4v) is 4.98. The Morgan fingerprint density at radius 2 is 1.63 bits per heavy atom. The number of benzene rings is 3. The van der Waals surface area contributed by atoms with Gasteiger partial charge in [-0.3, -0.25) is 9.69 Å². The Labute approximate surface area is 221 Å². The van der Waals surface area contributed by atoms with Crippen molar-refractivity contribution >= 4 is 61.9 Å². The second-order valence-electron chi connectivity index (χ2n) is 7.38. The fourth-order valence-electron chi connectivity index (χ4n) is 3.43. The van der Waals surface area contributed by atoms with Crippen molar-refractivity contribution in [2.45, 2.75) is 6.61 Å². The number of hydrogen-bond acceptors (Lipinski definition) is 7. The quantitative estimate of drug-likeness (QED) is 0.227. The van der Waals surface area contributed by atoms with Gasteiger partial charge in [-0.15, -0.1) is 0 Å². The Balaban J connectivity index is 1.56. The van der Waals surface area contributed by atoms with E-state index in [1.807, 2.05) is 42.5 Å². The molecule has 0 saturated carbocycles. The lowest BCUT2D eigenvalue weighted by atomic mass is 10.1. The molecule has 3 aromatic rings. The molecule has 1 heterocycles. The number of ether oxygens (including phenoxy) is 4. The molecule has 0 spiro atoms. The molecular weight excluding hydrogens is 550 g/mol. The van der Waals surface area contributed by atoms with Crippen LogP contribution in [0.5, 0.6) is 23.0 Å². The highest BCUT2D eigenvalue weighted by Crippen LogP contribution is 2.42. The van der Waals surface area contributed by atoms with Gasteiger partial charge in [0, 0.05) is 10.5 Å². The first-order chi connectivity index (χ1) is 16.9. The summed E-state index contributed by atoms with van der Waals surface area (Å²) < 4.78 is 23.7. The first-order valence-corrected chi connectivity index (χ1v) is 12.5. The van der Waals surface area contributed by atoms with E-state index in [0.29, 0.717) is 44.5 Å². The largest absolute Gasteiger partial charge is 0.497 e. The molecule has 0 unspecified atom stereocenters. The normalized spacial score (nSPS) is 14.4. The summed E-state index contributed by atoms with van der Waals surface area (Å²) in [6.45, 7) is 0.407. The second-order valence-corrected chi connectivity index (χ2v) is 9.97. The molecular formula is C26H22BrNO5S2. The van der Waals surface area contributed by atoms with Crippen molar-refractivity contribution in [1.29, 1.82) is 0 Å². The van der Waals surface area contributed by atoms with Crippen LogP contribution in [0.4, 0.5) is 5.69 Å². The Morgan fingerprint density at radius 1 is 0.914 bits per heavy atom. The van der Waals surface area contributed by atoms with Gasteiger partial charge >= 0.3 is 0 Å². The summed E-state index contributed by atoms with van der Waals surface area (Å²) in [6.07, 6.45) is 1.78. The van der Waals surface area contributed by atoms with E-state index in [1.54, 1.807) is 45.6 Å². The molecule has 4 rings (SSSR count). The molecule has 0 N–H and O–H groups in total. The van der Waals surface area contributed by atoms with E-state index in [-0.39, 0.29) is 5.91 Å². The van der Waals surface area contributed by atoms with Gasteiger partial charge in [0.1, 0.15) is 18.1 Å². The Hall–Kier alpha value is -3.01. The van der Waals surface area contributed by atoms with Crippen LogP contribution in [0.2, 0.25) is 0 Å². The fraction of sp³-hybridized carbons (Fsp3) is 0.154. The van der Waals surface area contributed by atoms with E-state index >= 15 is 0 Å². The molecule has 6 nitrogen and oxygen atoms in total. The summed E-state index contributed by atoms with van der Waals surface area (Å²) >= 11 is 10.2. The minimum atomic E-state index is -0.235. The summed E-state index contributed by atoms with van der Waals surface area (Å²) in [5, 5.41) is 0. The zero-order chi connectivity index (χ0) is 24.9. The number of hydrogen-bond donors (Lipinski definition) is 0. The van der Waals surface area contributed by atoms with E-state index < -0.39 is 0 Å². The van der Waals surface area contributed by atoms with Gasteiger partial charge in [-0.25, -0.2) is 0 Å². The number of nitrogens with zero attached hydrogens (tertiary/aromatic N) is 1. The molecule has 180 valence electrons. The number of thiocarbonyl (C=S) groups is 1. The molecule has 1 aliphatic rings. The highest BCUT2D eigenvalue weighted by molar-refractivity contribution is 9.10. The number of anilines is 1. The van der Waals surface area contributed by atoms with Crippen LogP contribution in [0, 0.1) is 0 Å². The Bertz CT molecular complexity index is 1290. The van der Waals surface area contributed by atoms with Crippen LogP contribution in [0.3, 0.4) is 0 Å². The van der Waals surface area contributed by atoms with Crippen LogP contribution in [0.1, 0.15) is 11.1 Å². The van der Waals surface area contributed by atoms with Gasteiger partial charge in [-0.2, -0.15) is 0 Å². The molecule has 0 aliphatic carbocycles. The predicted molar refractivity (Wildman–Crippen MR) is 147 cm³/mol. The maximum absolute atomic E-state index is 13.3. The molecule has 9 heteroatoms. The molecule has 0 atom stereocenters. The average molecular weight is 573 g/mol. The number of carbonyl (C=O) groups is 1. The van der Waals surface area contributed by atoms with E-state index in [2.05, 4.69) is 15.9 Å². The molecule has 1 fully saturated rings. The van der Waals surface area contributed by atoms with Gasteiger partial charge < -0.3 is 18.9 Å². The predicted octanol–water partition coefficient (Wildman–Crippen LogP) is 6.46. The summed E-state index contributed by atoms with van der Waals surface area (Å²) in [6, 6.07) is 18.7. The standard InChI is InChI=1S/C26H22BrNO5S2/c1-30-19-9-11-21(31-2)20(14-19)28-25(29)24(35-26(28)34)13-17-6-10-22(23(12-17)32-3)33-15-16-4-7-18(27)8-5-16/h4-14H,15H2,1-3H3. The molecule has 35 heavy (non-hydrogen) atoms. The summed E-state index contributed by atoms with van der Waals surface area (Å²) in [4.78, 5) is 15.2. The zero-order valence-corrected chi connectivity index (χ0v) is 22.5. The highest BCUT2D eigenvalue weighted by atomic mass is 79.9. The van der Waals surface area contributed by atoms with Crippen molar-refractivity contribution in [3.05, 3.63) is 81.2 Å². The van der Waals surface area contributed by atoms with Gasteiger partial charge in [0.25, 0.3) is 5.91 Å². The van der Waals surface area contributed by atoms with Gasteiger partial charge in [0.05, 0.1) is 31.9 Å². The van der Waals surface area contributed by atoms with Crippen LogP contribution in [0.25, 0.3) is 6.08 Å². The first-order valence-electron chi connectivity index (χ1n) is 10.5. The van der Waals surface area contributed by atoms with Crippen molar-refractivity contribution < 1.29 is 23.7 Å². The third kappa shape index (κ3) is 5.63. The average Bonchev–Trinajstić information content (AvgIpc) is 3.15. The summed E-state index contributed by atoms with van der Waals surface area (Å²) in [5.41, 5.74) is 2.36. The van der Waals surface area contributed by atoms with Crippen molar-refractivity contribution in [2.24, 2.45) is 0 Å². The van der Waals surface area contributed by atoms with Crippen molar-refractivity contribution in [2.75, 3.05) is 26.2 Å². The molecule has 0 bridgehead atoms. The SMILES string of the molecule is COc1ccc(OC)c(N2C(=O)C(=Cc3ccc(OCc4ccc(Br)cc4)c(OC)c3)SC2=S)c1. The van der Waals surface area contributed by atoms with Crippen molar-refractivity contribution in [3.63, 3.8) is 0 Å². The molecule has 0 radical (unpaired) electrons. The topological polar surface area (TPSA) is 57.2 Å². The van der Waals surface area contributed by atoms with E-state index in [0.717, 1.165) is 15.6 Å². The molecule has 0 aromatic heterocycles. The number of amides is 1. The molecule has 1 amide bonds. The van der Waals surface area contributed by atoms with E-state index in [9.17, 15) is 4.79 Å². The van der Waals surface area contributed by atoms with Gasteiger partial charge in [0.2, 0.25) is 0 Å². The van der Waals surface area contributed by atoms with Crippen LogP contribution >= 0.6 is 39.9 Å². The lowest BCUT2D eigenvalue weighted by Gasteiger charge is -2.18. The summed E-state index contributed by atoms with van der Waals surface area (Å²) in [7, 11) is 4.70. The number of carbonyl (C=O) groups excluding carboxylic acids is 1. The number of halogens is 1. The first kappa shape index (κ1) is 25.1. The van der Waals surface area contributed by atoms with Crippen molar-refractivity contribution in [3.8, 4) is 23.0 Å². The number of methoxy groups -OCH3 is 3. The maximum Gasteiger partial charge on any atom is 0.270 e. The van der Waals surface area contributed by atoms with Crippen LogP contribution in [-0.2, 0) is 11.4 Å². The lowest BCUT2D eigenvalue weighted by Crippen LogP contribution is -2.28. The van der Waals surface area contributed by atoms with E-state index in [1.165, 1.54) is 16.7 Å². The highest BCUT2D eigenvalue weighted by Gasteiger charge is 2.35. The zero-order valence-electron chi connectivity index (χ0n) is 19.2. The van der Waals surface area contributed by atoms with Gasteiger partial charge in [-0.05, 0) is 53.6 Å². The third-order valence-electron chi connectivity index (χ3n) is 5.21. The van der Waals surface area contributed by atoms with Gasteiger partial charge in [-0.1, -0.05) is 58.1 Å². The second kappa shape index (κ2) is 11.2. The Kier molecular flexibility index (Phi) is 8.00. The third-order valence-corrected chi connectivity index (χ3v) is 7.04. The monoisotopic (exact) mass is 571 g/mol. The molecule has 3 aromatic carbocycles. The smallest absolute Gasteiger partial charge is 0.270 e. The number of rotatable bonds is 8.